The molecule has 0 unspecified atom stereocenters. The van der Waals surface area contributed by atoms with Crippen LogP contribution < -0.4 is 5.32 Å². The zero-order valence-electron chi connectivity index (χ0n) is 15.1. The highest BCUT2D eigenvalue weighted by Crippen LogP contribution is 2.24. The molecular weight excluding hydrogens is 414 g/mol. The van der Waals surface area contributed by atoms with Gasteiger partial charge in [0.1, 0.15) is 5.60 Å². The summed E-state index contributed by atoms with van der Waals surface area (Å²) < 4.78 is 7.06. The summed E-state index contributed by atoms with van der Waals surface area (Å²) in [6, 6.07) is 9.99. The lowest BCUT2D eigenvalue weighted by Crippen LogP contribution is -2.27. The van der Waals surface area contributed by atoms with Gasteiger partial charge in [-0.05, 0) is 45.0 Å². The molecule has 0 aliphatic rings. The zero-order valence-corrected chi connectivity index (χ0v) is 16.8. The second-order valence-corrected chi connectivity index (χ2v) is 6.79. The van der Waals surface area contributed by atoms with E-state index in [4.69, 9.17) is 9.84 Å². The fourth-order valence-electron chi connectivity index (χ4n) is 2.45. The van der Waals surface area contributed by atoms with Gasteiger partial charge in [-0.15, -0.1) is 17.0 Å². The summed E-state index contributed by atoms with van der Waals surface area (Å²) in [6.45, 7) is 5.38. The first-order valence-electron chi connectivity index (χ1n) is 8.04. The summed E-state index contributed by atoms with van der Waals surface area (Å²) in [4.78, 5) is 27.5. The van der Waals surface area contributed by atoms with Crippen LogP contribution in [0.25, 0.3) is 16.9 Å². The maximum atomic E-state index is 12.0. The van der Waals surface area contributed by atoms with E-state index in [1.807, 2.05) is 12.4 Å². The van der Waals surface area contributed by atoms with Crippen LogP contribution in [-0.4, -0.2) is 32.2 Å². The van der Waals surface area contributed by atoms with Crippen LogP contribution in [0, 0.1) is 0 Å². The van der Waals surface area contributed by atoms with Crippen LogP contribution in [-0.2, 0) is 4.74 Å². The number of aromatic carboxylic acids is 1. The molecule has 0 bridgehead atoms. The number of carbonyl (C=O) groups is 2. The van der Waals surface area contributed by atoms with E-state index in [0.717, 1.165) is 5.56 Å². The van der Waals surface area contributed by atoms with E-state index in [2.05, 4.69) is 10.3 Å². The molecule has 3 aromatic rings. The molecule has 7 nitrogen and oxygen atoms in total. The van der Waals surface area contributed by atoms with E-state index < -0.39 is 17.7 Å². The van der Waals surface area contributed by atoms with Gasteiger partial charge in [-0.1, -0.05) is 12.1 Å². The summed E-state index contributed by atoms with van der Waals surface area (Å²) in [5, 5.41) is 11.7. The molecule has 0 spiro atoms. The van der Waals surface area contributed by atoms with E-state index in [1.165, 1.54) is 12.1 Å². The number of ether oxygens (including phenoxy) is 1. The van der Waals surface area contributed by atoms with Crippen molar-refractivity contribution >= 4 is 40.4 Å². The second kappa shape index (κ2) is 7.79. The Kier molecular flexibility index (Phi) is 5.90. The molecule has 2 heterocycles. The first-order chi connectivity index (χ1) is 12.2. The SMILES string of the molecule is Br.CC(C)(C)OC(=O)Nc1cccn2cc(-c3ccc(C(=O)O)cc3)nc12. The van der Waals surface area contributed by atoms with Crippen molar-refractivity contribution in [2.24, 2.45) is 0 Å². The number of carboxylic acids is 1. The van der Waals surface area contributed by atoms with E-state index >= 15 is 0 Å². The first kappa shape index (κ1) is 20.4. The lowest BCUT2D eigenvalue weighted by molar-refractivity contribution is 0.0634. The predicted octanol–water partition coefficient (Wildman–Crippen LogP) is 4.62. The molecule has 1 aromatic carbocycles. The normalized spacial score (nSPS) is 10.9. The summed E-state index contributed by atoms with van der Waals surface area (Å²) in [6.07, 6.45) is 3.07. The number of imidazole rings is 1. The van der Waals surface area contributed by atoms with E-state index in [-0.39, 0.29) is 22.5 Å². The van der Waals surface area contributed by atoms with Gasteiger partial charge in [0.25, 0.3) is 0 Å². The van der Waals surface area contributed by atoms with Gasteiger partial charge in [0.05, 0.1) is 16.9 Å². The number of fused-ring (bicyclic) bond motifs is 1. The lowest BCUT2D eigenvalue weighted by Gasteiger charge is -2.19. The van der Waals surface area contributed by atoms with Crippen molar-refractivity contribution in [1.29, 1.82) is 0 Å². The largest absolute Gasteiger partial charge is 0.478 e. The highest BCUT2D eigenvalue weighted by molar-refractivity contribution is 8.93. The monoisotopic (exact) mass is 433 g/mol. The number of amides is 1. The number of benzene rings is 1. The van der Waals surface area contributed by atoms with Crippen molar-refractivity contribution in [1.82, 2.24) is 9.38 Å². The minimum absolute atomic E-state index is 0. The molecule has 0 radical (unpaired) electrons. The van der Waals surface area contributed by atoms with Gasteiger partial charge in [0.15, 0.2) is 5.65 Å². The Morgan fingerprint density at radius 1 is 1.15 bits per heavy atom. The second-order valence-electron chi connectivity index (χ2n) is 6.79. The van der Waals surface area contributed by atoms with Crippen LogP contribution in [0.3, 0.4) is 0 Å². The number of hydrogen-bond donors (Lipinski definition) is 2. The molecule has 1 amide bonds. The molecular formula is C19H20BrN3O4. The van der Waals surface area contributed by atoms with Gasteiger partial charge in [0.2, 0.25) is 0 Å². The number of carbonyl (C=O) groups excluding carboxylic acids is 1. The molecule has 0 aliphatic carbocycles. The summed E-state index contributed by atoms with van der Waals surface area (Å²) in [5.74, 6) is -0.976. The van der Waals surface area contributed by atoms with E-state index in [0.29, 0.717) is 17.0 Å². The Morgan fingerprint density at radius 2 is 1.81 bits per heavy atom. The van der Waals surface area contributed by atoms with E-state index in [1.54, 1.807) is 49.4 Å². The maximum absolute atomic E-state index is 12.0. The fourth-order valence-corrected chi connectivity index (χ4v) is 2.45. The molecule has 3 rings (SSSR count). The molecule has 2 N–H and O–H groups in total. The van der Waals surface area contributed by atoms with Crippen LogP contribution >= 0.6 is 17.0 Å². The number of carboxylic acid groups (broad SMARTS) is 1. The van der Waals surface area contributed by atoms with Gasteiger partial charge >= 0.3 is 12.1 Å². The standard InChI is InChI=1S/C19H19N3O4.BrH/c1-19(2,3)26-18(25)21-14-5-4-10-22-11-15(20-16(14)22)12-6-8-13(9-7-12)17(23)24;/h4-11H,1-3H3,(H,21,25)(H,23,24);1H. The van der Waals surface area contributed by atoms with Crippen LogP contribution in [0.2, 0.25) is 0 Å². The topological polar surface area (TPSA) is 92.9 Å². The number of nitrogens with one attached hydrogen (secondary N) is 1. The number of hydrogen-bond acceptors (Lipinski definition) is 4. The Balaban J connectivity index is 0.00000261. The summed E-state index contributed by atoms with van der Waals surface area (Å²) in [5.41, 5.74) is 2.15. The van der Waals surface area contributed by atoms with Crippen molar-refractivity contribution in [2.45, 2.75) is 26.4 Å². The number of anilines is 1. The van der Waals surface area contributed by atoms with Crippen molar-refractivity contribution in [2.75, 3.05) is 5.32 Å². The molecule has 2 aromatic heterocycles. The number of rotatable bonds is 3. The van der Waals surface area contributed by atoms with Gasteiger partial charge in [-0.3, -0.25) is 5.32 Å². The van der Waals surface area contributed by atoms with Gasteiger partial charge in [-0.2, -0.15) is 0 Å². The van der Waals surface area contributed by atoms with Gasteiger partial charge in [-0.25, -0.2) is 14.6 Å². The maximum Gasteiger partial charge on any atom is 0.412 e. The summed E-state index contributed by atoms with van der Waals surface area (Å²) >= 11 is 0. The van der Waals surface area contributed by atoms with Crippen LogP contribution in [0.4, 0.5) is 10.5 Å². The highest BCUT2D eigenvalue weighted by Gasteiger charge is 2.18. The third-order valence-electron chi connectivity index (χ3n) is 3.55. The van der Waals surface area contributed by atoms with Gasteiger partial charge < -0.3 is 14.2 Å². The third kappa shape index (κ3) is 4.85. The zero-order chi connectivity index (χ0) is 18.9. The Bertz CT molecular complexity index is 975. The van der Waals surface area contributed by atoms with Crippen LogP contribution in [0.1, 0.15) is 31.1 Å². The van der Waals surface area contributed by atoms with Crippen LogP contribution in [0.5, 0.6) is 0 Å². The predicted molar refractivity (Wildman–Crippen MR) is 108 cm³/mol. The molecule has 8 heteroatoms. The van der Waals surface area contributed by atoms with Crippen molar-refractivity contribution < 1.29 is 19.4 Å². The molecule has 27 heavy (non-hydrogen) atoms. The molecule has 0 aliphatic heterocycles. The lowest BCUT2D eigenvalue weighted by atomic mass is 10.1. The van der Waals surface area contributed by atoms with E-state index in [9.17, 15) is 9.59 Å². The van der Waals surface area contributed by atoms with Gasteiger partial charge in [0, 0.05) is 18.0 Å². The fraction of sp³-hybridized carbons (Fsp3) is 0.211. The third-order valence-corrected chi connectivity index (χ3v) is 3.55. The first-order valence-corrected chi connectivity index (χ1v) is 8.04. The molecule has 0 saturated carbocycles. The van der Waals surface area contributed by atoms with Crippen molar-refractivity contribution in [3.8, 4) is 11.3 Å². The Hall–Kier alpha value is -2.87. The average molecular weight is 434 g/mol. The molecule has 0 fully saturated rings. The number of nitrogens with zero attached hydrogens (tertiary/aromatic N) is 2. The quantitative estimate of drug-likeness (QED) is 0.628. The average Bonchev–Trinajstić information content (AvgIpc) is 2.98. The summed E-state index contributed by atoms with van der Waals surface area (Å²) in [7, 11) is 0. The molecule has 0 saturated heterocycles. The highest BCUT2D eigenvalue weighted by atomic mass is 79.9. The number of aromatic nitrogens is 2. The Labute approximate surface area is 166 Å². The molecule has 142 valence electrons. The number of halogens is 1. The Morgan fingerprint density at radius 3 is 2.41 bits per heavy atom. The van der Waals surface area contributed by atoms with Crippen molar-refractivity contribution in [3.63, 3.8) is 0 Å². The smallest absolute Gasteiger partial charge is 0.412 e. The van der Waals surface area contributed by atoms with Crippen LogP contribution in [0.15, 0.2) is 48.8 Å². The minimum atomic E-state index is -0.976. The molecule has 0 atom stereocenters. The number of pyridine rings is 1. The van der Waals surface area contributed by atoms with Crippen molar-refractivity contribution in [3.05, 3.63) is 54.4 Å². The minimum Gasteiger partial charge on any atom is -0.478 e.